The molecule has 0 aromatic carbocycles. The number of hydrogen-bond acceptors (Lipinski definition) is 4. The Kier molecular flexibility index (Phi) is 6.40. The summed E-state index contributed by atoms with van der Waals surface area (Å²) in [4.78, 5) is 0. The Bertz CT molecular complexity index is 283. The number of methoxy groups -OCH3 is 1. The van der Waals surface area contributed by atoms with Crippen LogP contribution in [0.4, 0.5) is 0 Å². The van der Waals surface area contributed by atoms with Crippen molar-refractivity contribution in [1.82, 2.24) is 9.03 Å². The predicted molar refractivity (Wildman–Crippen MR) is 51.7 cm³/mol. The van der Waals surface area contributed by atoms with Crippen LogP contribution in [0.5, 0.6) is 0 Å². The molecule has 0 saturated carbocycles. The van der Waals surface area contributed by atoms with Crippen LogP contribution in [0, 0.1) is 11.3 Å². The highest BCUT2D eigenvalue weighted by Crippen LogP contribution is 1.95. The molecule has 0 radical (unpaired) electrons. The molecule has 1 N–H and O–H groups in total. The van der Waals surface area contributed by atoms with Gasteiger partial charge in [-0.2, -0.15) is 22.7 Å². The summed E-state index contributed by atoms with van der Waals surface area (Å²) in [7, 11) is -2.04. The first-order chi connectivity index (χ1) is 6.58. The third kappa shape index (κ3) is 4.53. The molecule has 0 amide bonds. The standard InChI is InChI=1S/C7H15N3O3S/c1-3-10(6-4-8)14(11,12)9-5-7-13-2/h9H,3,5-7H2,1-2H3. The molecule has 0 aliphatic rings. The lowest BCUT2D eigenvalue weighted by atomic mass is 10.6. The topological polar surface area (TPSA) is 82.4 Å². The van der Waals surface area contributed by atoms with Gasteiger partial charge in [-0.1, -0.05) is 6.92 Å². The van der Waals surface area contributed by atoms with Crippen molar-refractivity contribution in [3.8, 4) is 6.07 Å². The van der Waals surface area contributed by atoms with Crippen molar-refractivity contribution in [2.45, 2.75) is 6.92 Å². The fourth-order valence-electron chi connectivity index (χ4n) is 0.810. The van der Waals surface area contributed by atoms with E-state index in [0.29, 0.717) is 6.61 Å². The van der Waals surface area contributed by atoms with E-state index in [1.807, 2.05) is 0 Å². The van der Waals surface area contributed by atoms with Gasteiger partial charge in [-0.25, -0.2) is 0 Å². The summed E-state index contributed by atoms with van der Waals surface area (Å²) in [5.74, 6) is 0. The Labute approximate surface area is 84.6 Å². The zero-order valence-electron chi connectivity index (χ0n) is 8.36. The fraction of sp³-hybridized carbons (Fsp3) is 0.857. The monoisotopic (exact) mass is 221 g/mol. The molecule has 14 heavy (non-hydrogen) atoms. The molecule has 0 unspecified atom stereocenters. The molecule has 0 bridgehead atoms. The highest BCUT2D eigenvalue weighted by atomic mass is 32.2. The third-order valence-corrected chi connectivity index (χ3v) is 3.17. The number of nitriles is 1. The van der Waals surface area contributed by atoms with Gasteiger partial charge in [-0.3, -0.25) is 0 Å². The Morgan fingerprint density at radius 1 is 1.57 bits per heavy atom. The van der Waals surface area contributed by atoms with Gasteiger partial charge in [0, 0.05) is 20.2 Å². The zero-order chi connectivity index (χ0) is 11.0. The smallest absolute Gasteiger partial charge is 0.280 e. The van der Waals surface area contributed by atoms with Gasteiger partial charge in [0.2, 0.25) is 0 Å². The van der Waals surface area contributed by atoms with E-state index in [1.54, 1.807) is 13.0 Å². The van der Waals surface area contributed by atoms with Gasteiger partial charge in [0.25, 0.3) is 10.2 Å². The normalized spacial score (nSPS) is 11.6. The molecule has 0 aromatic heterocycles. The molecule has 0 rings (SSSR count). The average Bonchev–Trinajstić information content (AvgIpc) is 2.14. The minimum absolute atomic E-state index is 0.140. The van der Waals surface area contributed by atoms with E-state index in [1.165, 1.54) is 7.11 Å². The van der Waals surface area contributed by atoms with Crippen LogP contribution in [-0.4, -0.2) is 46.1 Å². The maximum atomic E-state index is 11.4. The lowest BCUT2D eigenvalue weighted by Gasteiger charge is -2.17. The number of hydrogen-bond donors (Lipinski definition) is 1. The van der Waals surface area contributed by atoms with E-state index in [4.69, 9.17) is 10.00 Å². The van der Waals surface area contributed by atoms with E-state index in [9.17, 15) is 8.42 Å². The van der Waals surface area contributed by atoms with Crippen molar-refractivity contribution in [2.75, 3.05) is 33.4 Å². The molecule has 0 spiro atoms. The Morgan fingerprint density at radius 2 is 2.21 bits per heavy atom. The predicted octanol–water partition coefficient (Wildman–Crippen LogP) is -0.687. The van der Waals surface area contributed by atoms with Crippen LogP contribution in [-0.2, 0) is 14.9 Å². The maximum absolute atomic E-state index is 11.4. The lowest BCUT2D eigenvalue weighted by molar-refractivity contribution is 0.204. The minimum atomic E-state index is -3.53. The molecule has 0 atom stereocenters. The second-order valence-electron chi connectivity index (χ2n) is 2.48. The van der Waals surface area contributed by atoms with Gasteiger partial charge in [0.15, 0.2) is 0 Å². The molecule has 0 aromatic rings. The highest BCUT2D eigenvalue weighted by molar-refractivity contribution is 7.87. The summed E-state index contributed by atoms with van der Waals surface area (Å²) in [5, 5.41) is 8.39. The first kappa shape index (κ1) is 13.3. The second kappa shape index (κ2) is 6.73. The van der Waals surface area contributed by atoms with Crippen LogP contribution in [0.25, 0.3) is 0 Å². The van der Waals surface area contributed by atoms with Crippen molar-refractivity contribution in [3.63, 3.8) is 0 Å². The quantitative estimate of drug-likeness (QED) is 0.456. The van der Waals surface area contributed by atoms with Crippen LogP contribution in [0.15, 0.2) is 0 Å². The maximum Gasteiger partial charge on any atom is 0.280 e. The summed E-state index contributed by atoms with van der Waals surface area (Å²) in [5.41, 5.74) is 0. The first-order valence-corrected chi connectivity index (χ1v) is 5.63. The van der Waals surface area contributed by atoms with Crippen molar-refractivity contribution in [2.24, 2.45) is 0 Å². The van der Waals surface area contributed by atoms with Gasteiger partial charge in [0.05, 0.1) is 12.7 Å². The first-order valence-electron chi connectivity index (χ1n) is 4.19. The largest absolute Gasteiger partial charge is 0.383 e. The Balaban J connectivity index is 4.21. The minimum Gasteiger partial charge on any atom is -0.383 e. The molecule has 6 nitrogen and oxygen atoms in total. The summed E-state index contributed by atoms with van der Waals surface area (Å²) in [6, 6.07) is 1.79. The molecule has 0 aliphatic carbocycles. The van der Waals surface area contributed by atoms with Gasteiger partial charge in [-0.05, 0) is 0 Å². The number of nitrogens with zero attached hydrogens (tertiary/aromatic N) is 2. The average molecular weight is 221 g/mol. The van der Waals surface area contributed by atoms with Crippen LogP contribution < -0.4 is 4.72 Å². The molecule has 82 valence electrons. The van der Waals surface area contributed by atoms with Gasteiger partial charge in [-0.15, -0.1) is 0 Å². The van der Waals surface area contributed by atoms with E-state index < -0.39 is 10.2 Å². The second-order valence-corrected chi connectivity index (χ2v) is 4.23. The van der Waals surface area contributed by atoms with E-state index in [0.717, 1.165) is 4.31 Å². The van der Waals surface area contributed by atoms with E-state index >= 15 is 0 Å². The molecule has 0 aliphatic heterocycles. The van der Waals surface area contributed by atoms with Crippen molar-refractivity contribution < 1.29 is 13.2 Å². The summed E-state index contributed by atoms with van der Waals surface area (Å²) < 4.78 is 30.9. The van der Waals surface area contributed by atoms with E-state index in [-0.39, 0.29) is 19.6 Å². The fourth-order valence-corrected chi connectivity index (χ4v) is 1.90. The molecular formula is C7H15N3O3S. The summed E-state index contributed by atoms with van der Waals surface area (Å²) in [6.45, 7) is 2.33. The van der Waals surface area contributed by atoms with Crippen molar-refractivity contribution in [3.05, 3.63) is 0 Å². The summed E-state index contributed by atoms with van der Waals surface area (Å²) >= 11 is 0. The van der Waals surface area contributed by atoms with Crippen molar-refractivity contribution in [1.29, 1.82) is 5.26 Å². The number of nitrogens with one attached hydrogen (secondary N) is 1. The Hall–Kier alpha value is -0.680. The van der Waals surface area contributed by atoms with Gasteiger partial charge >= 0.3 is 0 Å². The van der Waals surface area contributed by atoms with Crippen LogP contribution in [0.2, 0.25) is 0 Å². The molecule has 7 heteroatoms. The molecule has 0 fully saturated rings. The molecular weight excluding hydrogens is 206 g/mol. The van der Waals surface area contributed by atoms with Crippen LogP contribution in [0.1, 0.15) is 6.92 Å². The van der Waals surface area contributed by atoms with Gasteiger partial charge < -0.3 is 4.74 Å². The van der Waals surface area contributed by atoms with Crippen molar-refractivity contribution >= 4 is 10.2 Å². The summed E-state index contributed by atoms with van der Waals surface area (Å²) in [6.07, 6.45) is 0. The van der Waals surface area contributed by atoms with Crippen LogP contribution >= 0.6 is 0 Å². The Morgan fingerprint density at radius 3 is 2.64 bits per heavy atom. The SMILES string of the molecule is CCN(CC#N)S(=O)(=O)NCCOC. The third-order valence-electron chi connectivity index (χ3n) is 1.53. The highest BCUT2D eigenvalue weighted by Gasteiger charge is 2.18. The lowest BCUT2D eigenvalue weighted by Crippen LogP contribution is -2.41. The molecule has 0 heterocycles. The number of rotatable bonds is 7. The zero-order valence-corrected chi connectivity index (χ0v) is 9.17. The van der Waals surface area contributed by atoms with Crippen LogP contribution in [0.3, 0.4) is 0 Å². The molecule has 0 saturated heterocycles. The number of ether oxygens (including phenoxy) is 1. The van der Waals surface area contributed by atoms with E-state index in [2.05, 4.69) is 4.72 Å². The van der Waals surface area contributed by atoms with Gasteiger partial charge in [0.1, 0.15) is 6.54 Å².